The van der Waals surface area contributed by atoms with Gasteiger partial charge in [0.05, 0.1) is 5.56 Å². The SMILES string of the molecule is CCCn1cc(C=O)c(-c2cccc(F)c2)n1. The molecule has 1 heterocycles. The molecule has 0 atom stereocenters. The van der Waals surface area contributed by atoms with Crippen molar-refractivity contribution in [3.8, 4) is 11.3 Å². The molecule has 17 heavy (non-hydrogen) atoms. The van der Waals surface area contributed by atoms with Crippen molar-refractivity contribution in [1.29, 1.82) is 0 Å². The Morgan fingerprint density at radius 1 is 1.47 bits per heavy atom. The van der Waals surface area contributed by atoms with E-state index in [1.165, 1.54) is 12.1 Å². The Hall–Kier alpha value is -1.97. The normalized spacial score (nSPS) is 10.5. The molecule has 4 heteroatoms. The fraction of sp³-hybridized carbons (Fsp3) is 0.231. The van der Waals surface area contributed by atoms with Crippen LogP contribution in [0.3, 0.4) is 0 Å². The molecule has 88 valence electrons. The second-order valence-corrected chi connectivity index (χ2v) is 3.82. The van der Waals surface area contributed by atoms with Crippen LogP contribution in [0.1, 0.15) is 23.7 Å². The molecule has 0 amide bonds. The average Bonchev–Trinajstić information content (AvgIpc) is 2.73. The molecular formula is C13H13FN2O. The fourth-order valence-corrected chi connectivity index (χ4v) is 1.73. The van der Waals surface area contributed by atoms with Gasteiger partial charge in [0.15, 0.2) is 6.29 Å². The van der Waals surface area contributed by atoms with Gasteiger partial charge in [-0.1, -0.05) is 19.1 Å². The van der Waals surface area contributed by atoms with Crippen LogP contribution in [0.25, 0.3) is 11.3 Å². The summed E-state index contributed by atoms with van der Waals surface area (Å²) in [5, 5.41) is 4.30. The lowest BCUT2D eigenvalue weighted by atomic mass is 10.1. The van der Waals surface area contributed by atoms with Gasteiger partial charge in [-0.3, -0.25) is 9.48 Å². The largest absolute Gasteiger partial charge is 0.298 e. The van der Waals surface area contributed by atoms with Gasteiger partial charge >= 0.3 is 0 Å². The highest BCUT2D eigenvalue weighted by Crippen LogP contribution is 2.21. The quantitative estimate of drug-likeness (QED) is 0.760. The van der Waals surface area contributed by atoms with E-state index in [1.807, 2.05) is 6.92 Å². The third kappa shape index (κ3) is 2.41. The maximum absolute atomic E-state index is 13.1. The zero-order valence-electron chi connectivity index (χ0n) is 9.56. The van der Waals surface area contributed by atoms with Crippen LogP contribution in [0.15, 0.2) is 30.5 Å². The summed E-state index contributed by atoms with van der Waals surface area (Å²) in [6.45, 7) is 2.78. The van der Waals surface area contributed by atoms with Crippen LogP contribution in [0.5, 0.6) is 0 Å². The molecule has 0 saturated heterocycles. The zero-order valence-corrected chi connectivity index (χ0v) is 9.56. The second-order valence-electron chi connectivity index (χ2n) is 3.82. The van der Waals surface area contributed by atoms with E-state index in [0.717, 1.165) is 19.3 Å². The lowest BCUT2D eigenvalue weighted by molar-refractivity contribution is 0.112. The van der Waals surface area contributed by atoms with Crippen molar-refractivity contribution in [2.24, 2.45) is 0 Å². The number of benzene rings is 1. The Kier molecular flexibility index (Phi) is 3.32. The van der Waals surface area contributed by atoms with Gasteiger partial charge < -0.3 is 0 Å². The van der Waals surface area contributed by atoms with Crippen LogP contribution < -0.4 is 0 Å². The average molecular weight is 232 g/mol. The van der Waals surface area contributed by atoms with E-state index in [2.05, 4.69) is 5.10 Å². The number of carbonyl (C=O) groups is 1. The number of nitrogens with zero attached hydrogens (tertiary/aromatic N) is 2. The minimum Gasteiger partial charge on any atom is -0.298 e. The van der Waals surface area contributed by atoms with Gasteiger partial charge in [0.1, 0.15) is 11.5 Å². The summed E-state index contributed by atoms with van der Waals surface area (Å²) in [4.78, 5) is 11.0. The number of halogens is 1. The molecule has 1 aromatic heterocycles. The Bertz CT molecular complexity index is 534. The molecule has 0 spiro atoms. The number of rotatable bonds is 4. The molecule has 1 aromatic carbocycles. The van der Waals surface area contributed by atoms with Gasteiger partial charge in [-0.15, -0.1) is 0 Å². The second kappa shape index (κ2) is 4.91. The van der Waals surface area contributed by atoms with Gasteiger partial charge in [0, 0.05) is 18.3 Å². The monoisotopic (exact) mass is 232 g/mol. The summed E-state index contributed by atoms with van der Waals surface area (Å²) in [6.07, 6.45) is 3.37. The number of carbonyl (C=O) groups excluding carboxylic acids is 1. The summed E-state index contributed by atoms with van der Waals surface area (Å²) in [5.74, 6) is -0.329. The van der Waals surface area contributed by atoms with Crippen LogP contribution in [-0.4, -0.2) is 16.1 Å². The first kappa shape index (κ1) is 11.5. The molecule has 0 aliphatic heterocycles. The first-order valence-corrected chi connectivity index (χ1v) is 5.53. The predicted molar refractivity (Wildman–Crippen MR) is 63.3 cm³/mol. The third-order valence-corrected chi connectivity index (χ3v) is 2.47. The molecule has 0 aliphatic rings. The van der Waals surface area contributed by atoms with Crippen molar-refractivity contribution < 1.29 is 9.18 Å². The minimum absolute atomic E-state index is 0.329. The molecule has 2 rings (SSSR count). The van der Waals surface area contributed by atoms with E-state index in [0.29, 0.717) is 16.8 Å². The number of hydrogen-bond acceptors (Lipinski definition) is 2. The highest BCUT2D eigenvalue weighted by Gasteiger charge is 2.10. The van der Waals surface area contributed by atoms with E-state index in [-0.39, 0.29) is 5.82 Å². The molecule has 3 nitrogen and oxygen atoms in total. The van der Waals surface area contributed by atoms with Crippen LogP contribution in [0, 0.1) is 5.82 Å². The van der Waals surface area contributed by atoms with Crippen LogP contribution in [0.4, 0.5) is 4.39 Å². The Morgan fingerprint density at radius 2 is 2.29 bits per heavy atom. The molecule has 0 saturated carbocycles. The molecule has 0 bridgehead atoms. The van der Waals surface area contributed by atoms with E-state index >= 15 is 0 Å². The number of aromatic nitrogens is 2. The molecule has 0 N–H and O–H groups in total. The molecule has 0 radical (unpaired) electrons. The fourth-order valence-electron chi connectivity index (χ4n) is 1.73. The number of hydrogen-bond donors (Lipinski definition) is 0. The highest BCUT2D eigenvalue weighted by molar-refractivity contribution is 5.85. The molecule has 0 aliphatic carbocycles. The predicted octanol–water partition coefficient (Wildman–Crippen LogP) is 2.91. The topological polar surface area (TPSA) is 34.9 Å². The van der Waals surface area contributed by atoms with Crippen molar-refractivity contribution >= 4 is 6.29 Å². The maximum Gasteiger partial charge on any atom is 0.153 e. The summed E-state index contributed by atoms with van der Waals surface area (Å²) in [5.41, 5.74) is 1.65. The van der Waals surface area contributed by atoms with E-state index in [4.69, 9.17) is 0 Å². The Labute approximate surface area is 98.9 Å². The summed E-state index contributed by atoms with van der Waals surface area (Å²) in [7, 11) is 0. The highest BCUT2D eigenvalue weighted by atomic mass is 19.1. The van der Waals surface area contributed by atoms with Crippen molar-refractivity contribution in [1.82, 2.24) is 9.78 Å². The lowest BCUT2D eigenvalue weighted by Gasteiger charge is -1.98. The first-order chi connectivity index (χ1) is 8.24. The van der Waals surface area contributed by atoms with E-state index in [1.54, 1.807) is 23.0 Å². The number of aldehydes is 1. The molecule has 0 fully saturated rings. The van der Waals surface area contributed by atoms with Crippen LogP contribution >= 0.6 is 0 Å². The van der Waals surface area contributed by atoms with Gasteiger partial charge in [-0.05, 0) is 18.6 Å². The van der Waals surface area contributed by atoms with Gasteiger partial charge in [-0.25, -0.2) is 4.39 Å². The smallest absolute Gasteiger partial charge is 0.153 e. The first-order valence-electron chi connectivity index (χ1n) is 5.53. The Balaban J connectivity index is 2.46. The van der Waals surface area contributed by atoms with Gasteiger partial charge in [-0.2, -0.15) is 5.10 Å². The minimum atomic E-state index is -0.329. The van der Waals surface area contributed by atoms with E-state index in [9.17, 15) is 9.18 Å². The summed E-state index contributed by atoms with van der Waals surface area (Å²) in [6, 6.07) is 6.10. The van der Waals surface area contributed by atoms with Crippen molar-refractivity contribution in [2.45, 2.75) is 19.9 Å². The van der Waals surface area contributed by atoms with Crippen LogP contribution in [-0.2, 0) is 6.54 Å². The number of aryl methyl sites for hydroxylation is 1. The van der Waals surface area contributed by atoms with E-state index < -0.39 is 0 Å². The van der Waals surface area contributed by atoms with Gasteiger partial charge in [0.25, 0.3) is 0 Å². The van der Waals surface area contributed by atoms with Gasteiger partial charge in [0.2, 0.25) is 0 Å². The summed E-state index contributed by atoms with van der Waals surface area (Å²) >= 11 is 0. The van der Waals surface area contributed by atoms with Crippen molar-refractivity contribution in [2.75, 3.05) is 0 Å². The zero-order chi connectivity index (χ0) is 12.3. The van der Waals surface area contributed by atoms with Crippen LogP contribution in [0.2, 0.25) is 0 Å². The maximum atomic E-state index is 13.1. The third-order valence-electron chi connectivity index (χ3n) is 2.47. The molecular weight excluding hydrogens is 219 g/mol. The summed E-state index contributed by atoms with van der Waals surface area (Å²) < 4.78 is 14.8. The lowest BCUT2D eigenvalue weighted by Crippen LogP contribution is -1.96. The molecule has 0 unspecified atom stereocenters. The van der Waals surface area contributed by atoms with Crippen molar-refractivity contribution in [3.63, 3.8) is 0 Å². The molecule has 2 aromatic rings. The van der Waals surface area contributed by atoms with Crippen molar-refractivity contribution in [3.05, 3.63) is 41.8 Å². The standard InChI is InChI=1S/C13H13FN2O/c1-2-6-16-8-11(9-17)13(15-16)10-4-3-5-12(14)7-10/h3-5,7-9H,2,6H2,1H3. The Morgan fingerprint density at radius 3 is 2.94 bits per heavy atom.